The molecule has 3 aromatic rings. The number of carbonyl (C=O) groups excluding carboxylic acids is 1. The van der Waals surface area contributed by atoms with Crippen molar-refractivity contribution in [2.75, 3.05) is 51.3 Å². The first kappa shape index (κ1) is 23.1. The number of rotatable bonds is 5. The Bertz CT molecular complexity index is 1170. The summed E-state index contributed by atoms with van der Waals surface area (Å²) < 4.78 is 7.77. The van der Waals surface area contributed by atoms with Crippen LogP contribution in [0.3, 0.4) is 0 Å². The van der Waals surface area contributed by atoms with Crippen molar-refractivity contribution in [3.63, 3.8) is 0 Å². The van der Waals surface area contributed by atoms with Crippen molar-refractivity contribution in [1.29, 1.82) is 0 Å². The Hall–Kier alpha value is -2.67. The number of amides is 1. The molecule has 1 unspecified atom stereocenters. The van der Waals surface area contributed by atoms with Crippen LogP contribution in [-0.4, -0.2) is 66.7 Å². The molecule has 178 valence electrons. The molecule has 0 spiro atoms. The first-order valence-electron chi connectivity index (χ1n) is 11.5. The van der Waals surface area contributed by atoms with Crippen LogP contribution in [0, 0.1) is 0 Å². The van der Waals surface area contributed by atoms with Crippen LogP contribution in [0.2, 0.25) is 10.0 Å². The predicted octanol–water partition coefficient (Wildman–Crippen LogP) is 4.56. The van der Waals surface area contributed by atoms with Crippen LogP contribution < -0.4 is 9.64 Å². The Morgan fingerprint density at radius 1 is 0.941 bits per heavy atom. The molecule has 0 aliphatic carbocycles. The third kappa shape index (κ3) is 4.50. The fourth-order valence-corrected chi connectivity index (χ4v) is 5.33. The topological polar surface area (TPSA) is 41.0 Å². The van der Waals surface area contributed by atoms with Gasteiger partial charge in [-0.25, -0.2) is 0 Å². The number of ether oxygens (including phenoxy) is 1. The number of nitrogens with zero attached hydrogens (tertiary/aromatic N) is 4. The highest BCUT2D eigenvalue weighted by atomic mass is 35.5. The van der Waals surface area contributed by atoms with Gasteiger partial charge in [-0.2, -0.15) is 0 Å². The van der Waals surface area contributed by atoms with Crippen LogP contribution in [0.4, 0.5) is 5.69 Å². The number of para-hydroxylation sites is 2. The number of hydrogen-bond donors (Lipinski definition) is 0. The second-order valence-corrected chi connectivity index (χ2v) is 9.53. The van der Waals surface area contributed by atoms with Gasteiger partial charge in [-0.05, 0) is 42.0 Å². The zero-order chi connectivity index (χ0) is 23.7. The van der Waals surface area contributed by atoms with E-state index in [4.69, 9.17) is 27.9 Å². The van der Waals surface area contributed by atoms with Crippen molar-refractivity contribution < 1.29 is 9.53 Å². The van der Waals surface area contributed by atoms with Crippen molar-refractivity contribution in [2.24, 2.45) is 0 Å². The van der Waals surface area contributed by atoms with Gasteiger partial charge in [-0.3, -0.25) is 9.69 Å². The predicted molar refractivity (Wildman–Crippen MR) is 136 cm³/mol. The average Bonchev–Trinajstić information content (AvgIpc) is 3.34. The summed E-state index contributed by atoms with van der Waals surface area (Å²) in [5.74, 6) is 1.02. The summed E-state index contributed by atoms with van der Waals surface area (Å²) >= 11 is 12.5. The average molecular weight is 499 g/mol. The smallest absolute Gasteiger partial charge is 0.236 e. The highest BCUT2D eigenvalue weighted by Crippen LogP contribution is 2.35. The number of halogens is 2. The van der Waals surface area contributed by atoms with E-state index in [1.807, 2.05) is 41.3 Å². The standard InChI is InChI=1S/C26H28Cl2N4O2/c1-34-24-7-3-2-5-22(24)30-11-14-31(15-12-30)25(33)18-32-16-13-29-10-4-6-23(29)26(32)19-8-9-20(27)21(28)17-19/h2-10,17,26H,11-16,18H2,1H3. The van der Waals surface area contributed by atoms with Crippen LogP contribution in [0.1, 0.15) is 17.3 Å². The van der Waals surface area contributed by atoms with Crippen LogP contribution >= 0.6 is 23.2 Å². The Kier molecular flexibility index (Phi) is 6.73. The van der Waals surface area contributed by atoms with E-state index in [1.54, 1.807) is 7.11 Å². The first-order valence-corrected chi connectivity index (χ1v) is 12.3. The fourth-order valence-electron chi connectivity index (χ4n) is 5.03. The number of benzene rings is 2. The molecule has 1 aromatic heterocycles. The molecule has 8 heteroatoms. The SMILES string of the molecule is COc1ccccc1N1CCN(C(=O)CN2CCn3cccc3C2c2ccc(Cl)c(Cl)c2)CC1. The highest BCUT2D eigenvalue weighted by Gasteiger charge is 2.32. The third-order valence-corrected chi connectivity index (χ3v) is 7.53. The fraction of sp³-hybridized carbons (Fsp3) is 0.346. The molecular weight excluding hydrogens is 471 g/mol. The zero-order valence-electron chi connectivity index (χ0n) is 19.2. The minimum Gasteiger partial charge on any atom is -0.495 e. The largest absolute Gasteiger partial charge is 0.495 e. The van der Waals surface area contributed by atoms with Gasteiger partial charge in [-0.15, -0.1) is 0 Å². The molecule has 1 fully saturated rings. The van der Waals surface area contributed by atoms with Gasteiger partial charge < -0.3 is 19.1 Å². The van der Waals surface area contributed by atoms with Crippen molar-refractivity contribution in [2.45, 2.75) is 12.6 Å². The van der Waals surface area contributed by atoms with Crippen LogP contribution in [0.25, 0.3) is 0 Å². The van der Waals surface area contributed by atoms with Gasteiger partial charge in [0.2, 0.25) is 5.91 Å². The van der Waals surface area contributed by atoms with E-state index in [0.717, 1.165) is 43.2 Å². The molecule has 0 radical (unpaired) electrons. The van der Waals surface area contributed by atoms with Gasteiger partial charge in [0.05, 0.1) is 35.4 Å². The van der Waals surface area contributed by atoms with Gasteiger partial charge in [0, 0.05) is 51.2 Å². The molecule has 1 amide bonds. The van der Waals surface area contributed by atoms with E-state index in [9.17, 15) is 4.79 Å². The highest BCUT2D eigenvalue weighted by molar-refractivity contribution is 6.42. The number of aromatic nitrogens is 1. The Morgan fingerprint density at radius 2 is 1.74 bits per heavy atom. The Morgan fingerprint density at radius 3 is 2.50 bits per heavy atom. The third-order valence-electron chi connectivity index (χ3n) is 6.79. The van der Waals surface area contributed by atoms with E-state index >= 15 is 0 Å². The molecule has 1 saturated heterocycles. The summed E-state index contributed by atoms with van der Waals surface area (Å²) in [4.78, 5) is 19.9. The lowest BCUT2D eigenvalue weighted by Crippen LogP contribution is -2.52. The Balaban J connectivity index is 1.29. The maximum absolute atomic E-state index is 13.4. The summed E-state index contributed by atoms with van der Waals surface area (Å²) in [6.45, 7) is 4.97. The normalized spacial score (nSPS) is 18.6. The number of anilines is 1. The minimum atomic E-state index is -0.0441. The van der Waals surface area contributed by atoms with Gasteiger partial charge in [-0.1, -0.05) is 41.4 Å². The summed E-state index contributed by atoms with van der Waals surface area (Å²) in [5, 5.41) is 1.06. The Labute approximate surface area is 210 Å². The first-order chi connectivity index (χ1) is 16.5. The molecule has 2 aromatic carbocycles. The number of carbonyl (C=O) groups is 1. The van der Waals surface area contributed by atoms with Crippen LogP contribution in [0.5, 0.6) is 5.75 Å². The zero-order valence-corrected chi connectivity index (χ0v) is 20.7. The molecule has 0 N–H and O–H groups in total. The lowest BCUT2D eigenvalue weighted by molar-refractivity contribution is -0.133. The van der Waals surface area contributed by atoms with E-state index in [0.29, 0.717) is 29.7 Å². The van der Waals surface area contributed by atoms with Gasteiger partial charge in [0.25, 0.3) is 0 Å². The second-order valence-electron chi connectivity index (χ2n) is 8.71. The number of fused-ring (bicyclic) bond motifs is 1. The van der Waals surface area contributed by atoms with E-state index < -0.39 is 0 Å². The van der Waals surface area contributed by atoms with Gasteiger partial charge >= 0.3 is 0 Å². The molecule has 0 saturated carbocycles. The van der Waals surface area contributed by atoms with Crippen molar-refractivity contribution in [1.82, 2.24) is 14.4 Å². The molecular formula is C26H28Cl2N4O2. The quantitative estimate of drug-likeness (QED) is 0.517. The van der Waals surface area contributed by atoms with Gasteiger partial charge in [0.1, 0.15) is 5.75 Å². The molecule has 0 bridgehead atoms. The lowest BCUT2D eigenvalue weighted by Gasteiger charge is -2.40. The van der Waals surface area contributed by atoms with Crippen LogP contribution in [0.15, 0.2) is 60.8 Å². The minimum absolute atomic E-state index is 0.0441. The number of piperazine rings is 1. The molecule has 2 aliphatic heterocycles. The molecule has 1 atom stereocenters. The summed E-state index contributed by atoms with van der Waals surface area (Å²) in [7, 11) is 1.69. The molecule has 34 heavy (non-hydrogen) atoms. The lowest BCUT2D eigenvalue weighted by atomic mass is 10.00. The van der Waals surface area contributed by atoms with E-state index in [1.165, 1.54) is 5.69 Å². The summed E-state index contributed by atoms with van der Waals surface area (Å²) in [6.07, 6.45) is 2.09. The monoisotopic (exact) mass is 498 g/mol. The summed E-state index contributed by atoms with van der Waals surface area (Å²) in [5.41, 5.74) is 3.29. The molecule has 5 rings (SSSR count). The second kappa shape index (κ2) is 9.90. The van der Waals surface area contributed by atoms with E-state index in [-0.39, 0.29) is 11.9 Å². The number of methoxy groups -OCH3 is 1. The van der Waals surface area contributed by atoms with Crippen molar-refractivity contribution in [3.8, 4) is 5.75 Å². The maximum Gasteiger partial charge on any atom is 0.236 e. The van der Waals surface area contributed by atoms with Crippen LogP contribution in [-0.2, 0) is 11.3 Å². The van der Waals surface area contributed by atoms with Gasteiger partial charge in [0.15, 0.2) is 0 Å². The summed E-state index contributed by atoms with van der Waals surface area (Å²) in [6, 6.07) is 17.9. The molecule has 6 nitrogen and oxygen atoms in total. The number of hydrogen-bond acceptors (Lipinski definition) is 4. The van der Waals surface area contributed by atoms with Crippen molar-refractivity contribution in [3.05, 3.63) is 82.1 Å². The molecule has 2 aliphatic rings. The van der Waals surface area contributed by atoms with E-state index in [2.05, 4.69) is 38.8 Å². The maximum atomic E-state index is 13.4. The van der Waals surface area contributed by atoms with Crippen molar-refractivity contribution >= 4 is 34.8 Å². The molecule has 3 heterocycles.